The molecule has 35 nitrogen and oxygen atoms in total. The number of methoxy groups -OCH3 is 1. The molecule has 0 aromatic rings. The Morgan fingerprint density at radius 3 is 1.23 bits per heavy atom. The van der Waals surface area contributed by atoms with Crippen molar-refractivity contribution in [1.82, 2.24) is 20.9 Å². The zero-order valence-corrected chi connectivity index (χ0v) is 80.7. The second-order valence-corrected chi connectivity index (χ2v) is 36.7. The molecule has 735 valence electrons. The Balaban J connectivity index is 0.0000416. The smallest absolute Gasteiger partial charge is 0.407 e. The second kappa shape index (κ2) is 72.1. The number of nitrogens with zero attached hydrogens (tertiary/aromatic N) is 1. The van der Waals surface area contributed by atoms with E-state index in [-0.39, 0.29) is 190 Å². The fourth-order valence-electron chi connectivity index (χ4n) is 15.8. The number of carbonyl (C=O) groups is 9. The van der Waals surface area contributed by atoms with Crippen molar-refractivity contribution in [1.29, 1.82) is 0 Å². The second-order valence-electron chi connectivity index (χ2n) is 34.0. The van der Waals surface area contributed by atoms with Gasteiger partial charge in [-0.2, -0.15) is 0 Å². The Bertz CT molecular complexity index is 2870. The van der Waals surface area contributed by atoms with Gasteiger partial charge in [0.05, 0.1) is 123 Å². The van der Waals surface area contributed by atoms with E-state index >= 15 is 0 Å². The van der Waals surface area contributed by atoms with Crippen LogP contribution in [0.2, 0.25) is 0 Å². The summed E-state index contributed by atoms with van der Waals surface area (Å²) in [5.74, 6) is -0.814. The molecule has 4 rings (SSSR count). The fourth-order valence-corrected chi connectivity index (χ4v) is 17.8. The zero-order valence-electron chi connectivity index (χ0n) is 76.2. The van der Waals surface area contributed by atoms with E-state index in [1.165, 1.54) is 0 Å². The summed E-state index contributed by atoms with van der Waals surface area (Å²) in [5.41, 5.74) is -0.681. The van der Waals surface area contributed by atoms with Crippen LogP contribution in [-0.2, 0) is 128 Å². The fraction of sp³-hybridized carbons (Fsp3) is 0.899. The molecule has 0 spiro atoms. The maximum Gasteiger partial charge on any atom is 0.407 e. The van der Waals surface area contributed by atoms with Gasteiger partial charge < -0.3 is 129 Å². The SMILES string of the molecule is CO[C@H]1C[C@H](CO)N(C(=O)CCCCC(=O)CCCSSCCOCCOCCC(=O)CC(CCCOC(=O)CCCCCCCNC(=O)CCCOC2OC(CO)C(O)C(O)C2C)(CCCOC(=O)CCCCCCCNC(=O)CCCOC2OC(CO)C(O)C(O)C2C)CCCOC(=O)NCCCCCCC(=O)CCCOC2OC(CO)C(O)C(O)C2C)C1.[Y]. The molecule has 15 unspecified atom stereocenters. The molecular formula is C89H158N4O31S2Y. The molecule has 4 saturated heterocycles. The largest absolute Gasteiger partial charge is 0.466 e. The third-order valence-electron chi connectivity index (χ3n) is 23.7. The van der Waals surface area contributed by atoms with Gasteiger partial charge >= 0.3 is 18.0 Å². The number of amides is 4. The molecule has 0 saturated carbocycles. The summed E-state index contributed by atoms with van der Waals surface area (Å²) in [4.78, 5) is 118. The van der Waals surface area contributed by atoms with E-state index in [9.17, 15) is 94.2 Å². The number of Topliss-reactive ketones (excluding diaryl/α,β-unsaturated/α-hetero) is 3. The molecular weight excluding hydrogens is 1770 g/mol. The predicted octanol–water partition coefficient (Wildman–Crippen LogP) is 6.45. The number of aliphatic hydroxyl groups is 10. The molecule has 4 heterocycles. The quantitative estimate of drug-likeness (QED) is 0.0134. The number of unbranched alkanes of at least 4 members (excludes halogenated alkanes) is 12. The van der Waals surface area contributed by atoms with Crippen LogP contribution >= 0.6 is 21.6 Å². The number of ether oxygens (including phenoxy) is 12. The first kappa shape index (κ1) is 118. The molecule has 1 radical (unpaired) electrons. The predicted molar refractivity (Wildman–Crippen MR) is 469 cm³/mol. The van der Waals surface area contributed by atoms with Crippen LogP contribution in [0.15, 0.2) is 0 Å². The average Bonchev–Trinajstić information content (AvgIpc) is 1.68. The van der Waals surface area contributed by atoms with Crippen molar-refractivity contribution >= 4 is 74.7 Å². The first-order chi connectivity index (χ1) is 60.8. The number of esters is 2. The van der Waals surface area contributed by atoms with Gasteiger partial charge in [0, 0.05) is 166 Å². The number of hydrogen-bond donors (Lipinski definition) is 13. The van der Waals surface area contributed by atoms with Crippen LogP contribution in [0.25, 0.3) is 0 Å². The maximum absolute atomic E-state index is 14.2. The minimum absolute atomic E-state index is 0. The minimum Gasteiger partial charge on any atom is -0.466 e. The van der Waals surface area contributed by atoms with Crippen LogP contribution in [0.1, 0.15) is 265 Å². The topological polar surface area (TPSA) is 506 Å². The van der Waals surface area contributed by atoms with Crippen molar-refractivity contribution in [2.75, 3.05) is 137 Å². The molecule has 38 heteroatoms. The summed E-state index contributed by atoms with van der Waals surface area (Å²) in [6, 6.07) is -0.226. The summed E-state index contributed by atoms with van der Waals surface area (Å²) in [7, 11) is 4.94. The maximum atomic E-state index is 14.2. The summed E-state index contributed by atoms with van der Waals surface area (Å²) in [6.07, 6.45) is 6.97. The number of likely N-dealkylation sites (tertiary alicyclic amines) is 1. The third kappa shape index (κ3) is 50.7. The Kier molecular flexibility index (Phi) is 66.9. The number of aliphatic hydroxyl groups excluding tert-OH is 10. The number of hydrogen-bond acceptors (Lipinski definition) is 33. The summed E-state index contributed by atoms with van der Waals surface area (Å²) >= 11 is 0. The van der Waals surface area contributed by atoms with E-state index in [0.29, 0.717) is 174 Å². The van der Waals surface area contributed by atoms with E-state index in [0.717, 1.165) is 82.1 Å². The first-order valence-corrected chi connectivity index (χ1v) is 49.1. The molecule has 4 aliphatic heterocycles. The van der Waals surface area contributed by atoms with Gasteiger partial charge in [0.1, 0.15) is 54.0 Å². The van der Waals surface area contributed by atoms with Crippen LogP contribution in [0.4, 0.5) is 4.79 Å². The number of ketones is 3. The summed E-state index contributed by atoms with van der Waals surface area (Å²) in [5, 5.41) is 108. The molecule has 0 aliphatic carbocycles. The molecule has 4 amide bonds. The average molecular weight is 1930 g/mol. The Hall–Kier alpha value is -3.33. The monoisotopic (exact) mass is 1930 g/mol. The number of rotatable bonds is 76. The van der Waals surface area contributed by atoms with Crippen molar-refractivity contribution in [3.05, 3.63) is 0 Å². The van der Waals surface area contributed by atoms with E-state index in [4.69, 9.17) is 56.8 Å². The van der Waals surface area contributed by atoms with Gasteiger partial charge in [-0.05, 0) is 127 Å². The standard InChI is InChI=1S/C89H158N4O31S2.Y/c1-63-79(106)82(109)71(60-95)122-85(63)118-44-21-30-67(98)28-13-9-12-20-43-92-88(112)121-49-27-40-89(38-25-47-116-77(104)35-14-7-5-10-18-41-90-74(101)32-22-45-119-86-64(2)80(107)83(110)72(61-96)123-86,39-26-48-117-78(105)36-15-8-6-11-19-42-91-75(102)33-23-46-120-87-65(3)81(108)84(111)73(62-97)124-87)57-69(100)37-50-114-51-52-115-53-55-126-125-54-24-31-68(99)29-16-17-34-76(103)93-58-70(113-4)56-66(93)59-94;/h63-66,70-73,79-87,94-97,106-111H,5-62H2,1-4H3,(H,90,101)(H,91,102)(H,92,112);/t63?,64?,65?,66-,70+,71?,72?,73?,79?,80?,81?,82?,83?,84?,85?,86?,87?,89?;/m1./s1. The van der Waals surface area contributed by atoms with Crippen LogP contribution < -0.4 is 16.0 Å². The van der Waals surface area contributed by atoms with Gasteiger partial charge in [0.2, 0.25) is 17.7 Å². The van der Waals surface area contributed by atoms with E-state index in [1.807, 2.05) is 0 Å². The van der Waals surface area contributed by atoms with Crippen molar-refractivity contribution < 1.29 is 184 Å². The van der Waals surface area contributed by atoms with E-state index < -0.39 is 123 Å². The molecule has 0 aromatic heterocycles. The molecule has 4 aliphatic rings. The first-order valence-electron chi connectivity index (χ1n) is 46.7. The number of nitrogens with one attached hydrogen (secondary N) is 3. The number of alkyl carbamates (subject to hydrolysis) is 1. The summed E-state index contributed by atoms with van der Waals surface area (Å²) < 4.78 is 68.3. The van der Waals surface area contributed by atoms with Crippen LogP contribution in [0.5, 0.6) is 0 Å². The van der Waals surface area contributed by atoms with Crippen molar-refractivity contribution in [3.63, 3.8) is 0 Å². The van der Waals surface area contributed by atoms with Crippen molar-refractivity contribution in [3.8, 4) is 0 Å². The van der Waals surface area contributed by atoms with Gasteiger partial charge in [-0.25, -0.2) is 4.79 Å². The van der Waals surface area contributed by atoms with E-state index in [1.54, 1.807) is 54.4 Å². The molecule has 13 N–H and O–H groups in total. The van der Waals surface area contributed by atoms with Gasteiger partial charge in [0.25, 0.3) is 0 Å². The number of carbonyl (C=O) groups excluding carboxylic acids is 9. The summed E-state index contributed by atoms with van der Waals surface area (Å²) in [6.45, 7) is 7.38. The molecule has 17 atom stereocenters. The minimum atomic E-state index is -1.23. The van der Waals surface area contributed by atoms with Crippen molar-refractivity contribution in [2.24, 2.45) is 23.2 Å². The van der Waals surface area contributed by atoms with E-state index in [2.05, 4.69) is 16.0 Å². The Morgan fingerprint density at radius 1 is 0.386 bits per heavy atom. The van der Waals surface area contributed by atoms with Gasteiger partial charge in [-0.15, -0.1) is 0 Å². The van der Waals surface area contributed by atoms with Crippen LogP contribution in [0, 0.1) is 23.2 Å². The van der Waals surface area contributed by atoms with Crippen molar-refractivity contribution in [2.45, 2.75) is 351 Å². The van der Waals surface area contributed by atoms with Crippen LogP contribution in [0.3, 0.4) is 0 Å². The zero-order chi connectivity index (χ0) is 92.1. The van der Waals surface area contributed by atoms with Crippen LogP contribution in [-0.4, -0.2) is 332 Å². The molecule has 0 aromatic carbocycles. The third-order valence-corrected chi connectivity index (χ3v) is 26.2. The molecule has 4 fully saturated rings. The van der Waals surface area contributed by atoms with Gasteiger partial charge in [-0.3, -0.25) is 38.4 Å². The normalized spacial score (nSPS) is 24.6. The molecule has 0 bridgehead atoms. The van der Waals surface area contributed by atoms with Gasteiger partial charge in [-0.1, -0.05) is 93.7 Å². The Morgan fingerprint density at radius 2 is 0.772 bits per heavy atom. The van der Waals surface area contributed by atoms with Gasteiger partial charge in [0.15, 0.2) is 18.9 Å². The molecule has 127 heavy (non-hydrogen) atoms. The Labute approximate surface area is 785 Å².